The molecule has 0 aliphatic rings. The van der Waals surface area contributed by atoms with Crippen molar-refractivity contribution in [2.45, 2.75) is 23.9 Å². The Labute approximate surface area is 130 Å². The molecule has 0 radical (unpaired) electrons. The summed E-state index contributed by atoms with van der Waals surface area (Å²) in [5.74, 6) is 0.849. The van der Waals surface area contributed by atoms with E-state index in [0.29, 0.717) is 0 Å². The molecule has 0 aliphatic carbocycles. The molecular weight excluding hydrogens is 280 g/mol. The van der Waals surface area contributed by atoms with E-state index < -0.39 is 5.54 Å². The summed E-state index contributed by atoms with van der Waals surface area (Å²) in [4.78, 5) is 0. The summed E-state index contributed by atoms with van der Waals surface area (Å²) in [5.41, 5.74) is 1.39. The predicted octanol–water partition coefficient (Wildman–Crippen LogP) is 2.85. The highest BCUT2D eigenvalue weighted by atomic mass is 32.2. The smallest absolute Gasteiger partial charge is 0.132 e. The zero-order valence-electron chi connectivity index (χ0n) is 12.6. The maximum atomic E-state index is 9.65. The molecule has 0 bridgehead atoms. The number of thioether (sulfide) groups is 1. The molecule has 1 N–H and O–H groups in total. The van der Waals surface area contributed by atoms with Crippen molar-refractivity contribution in [2.24, 2.45) is 7.05 Å². The molecule has 4 nitrogen and oxygen atoms in total. The van der Waals surface area contributed by atoms with Crippen LogP contribution in [-0.2, 0) is 12.6 Å². The molecule has 1 atom stereocenters. The fourth-order valence-corrected chi connectivity index (χ4v) is 3.44. The summed E-state index contributed by atoms with van der Waals surface area (Å²) in [6.45, 7) is 1.99. The molecule has 2 rings (SSSR count). The van der Waals surface area contributed by atoms with Crippen LogP contribution >= 0.6 is 11.8 Å². The summed E-state index contributed by atoms with van der Waals surface area (Å²) in [7, 11) is 3.79. The van der Waals surface area contributed by atoms with Crippen LogP contribution in [-0.4, -0.2) is 22.6 Å². The summed E-state index contributed by atoms with van der Waals surface area (Å²) in [6, 6.07) is 14.4. The topological polar surface area (TPSA) is 53.6 Å². The number of nitrogens with zero attached hydrogens (tertiary/aromatic N) is 3. The Bertz CT molecular complexity index is 629. The number of nitriles is 1. The lowest BCUT2D eigenvalue weighted by molar-refractivity contribution is 0.456. The van der Waals surface area contributed by atoms with Crippen molar-refractivity contribution < 1.29 is 0 Å². The Hall–Kier alpha value is -1.77. The highest BCUT2D eigenvalue weighted by molar-refractivity contribution is 7.99. The van der Waals surface area contributed by atoms with Gasteiger partial charge in [0.2, 0.25) is 0 Å². The van der Waals surface area contributed by atoms with Gasteiger partial charge in [0.05, 0.1) is 16.8 Å². The minimum absolute atomic E-state index is 0.637. The van der Waals surface area contributed by atoms with Crippen LogP contribution in [0.15, 0.2) is 41.4 Å². The molecular formula is C16H20N4S. The van der Waals surface area contributed by atoms with Gasteiger partial charge in [-0.25, -0.2) is 0 Å². The molecule has 0 saturated carbocycles. The number of hydrogen-bond donors (Lipinski definition) is 1. The molecule has 1 aromatic carbocycles. The molecule has 2 aromatic rings. The van der Waals surface area contributed by atoms with Gasteiger partial charge < -0.3 is 0 Å². The first kappa shape index (κ1) is 15.6. The summed E-state index contributed by atoms with van der Waals surface area (Å²) in [5, 5.41) is 18.3. The maximum absolute atomic E-state index is 9.65. The maximum Gasteiger partial charge on any atom is 0.132 e. The van der Waals surface area contributed by atoms with E-state index in [-0.39, 0.29) is 0 Å². The molecule has 0 aliphatic heterocycles. The number of aromatic nitrogens is 2. The SMILES string of the molecule is CNC(C#N)(CCSc1cc(C)nn1C)c1ccccc1. The fourth-order valence-electron chi connectivity index (χ4n) is 2.34. The molecule has 5 heteroatoms. The van der Waals surface area contributed by atoms with Gasteiger partial charge in [-0.05, 0) is 32.0 Å². The van der Waals surface area contributed by atoms with Crippen LogP contribution in [0.4, 0.5) is 0 Å². The van der Waals surface area contributed by atoms with Crippen LogP contribution in [0.2, 0.25) is 0 Å². The van der Waals surface area contributed by atoms with Crippen LogP contribution in [0.3, 0.4) is 0 Å². The number of benzene rings is 1. The lowest BCUT2D eigenvalue weighted by Crippen LogP contribution is -2.39. The van der Waals surface area contributed by atoms with Crippen LogP contribution in [0, 0.1) is 18.3 Å². The minimum Gasteiger partial charge on any atom is -0.299 e. The van der Waals surface area contributed by atoms with E-state index in [4.69, 9.17) is 0 Å². The Kier molecular flexibility index (Phi) is 5.05. The van der Waals surface area contributed by atoms with Crippen LogP contribution in [0.25, 0.3) is 0 Å². The molecule has 0 amide bonds. The molecule has 0 fully saturated rings. The van der Waals surface area contributed by atoms with Crippen molar-refractivity contribution in [1.29, 1.82) is 5.26 Å². The van der Waals surface area contributed by atoms with Crippen molar-refractivity contribution in [3.8, 4) is 6.07 Å². The van der Waals surface area contributed by atoms with Gasteiger partial charge in [0, 0.05) is 12.8 Å². The van der Waals surface area contributed by atoms with E-state index in [2.05, 4.69) is 22.6 Å². The zero-order valence-corrected chi connectivity index (χ0v) is 13.4. The van der Waals surface area contributed by atoms with Gasteiger partial charge in [-0.15, -0.1) is 11.8 Å². The number of rotatable bonds is 6. The average molecular weight is 300 g/mol. The molecule has 0 saturated heterocycles. The lowest BCUT2D eigenvalue weighted by Gasteiger charge is -2.26. The van der Waals surface area contributed by atoms with Crippen LogP contribution in [0.1, 0.15) is 17.7 Å². The standard InChI is InChI=1S/C16H20N4S/c1-13-11-15(20(3)19-13)21-10-9-16(12-17,18-2)14-7-5-4-6-8-14/h4-8,11,18H,9-10H2,1-3H3. The third-order valence-electron chi connectivity index (χ3n) is 3.57. The second kappa shape index (κ2) is 6.79. The highest BCUT2D eigenvalue weighted by Gasteiger charge is 2.29. The van der Waals surface area contributed by atoms with Crippen molar-refractivity contribution in [3.05, 3.63) is 47.7 Å². The Morgan fingerprint density at radius 3 is 2.62 bits per heavy atom. The van der Waals surface area contributed by atoms with Gasteiger partial charge in [0.25, 0.3) is 0 Å². The van der Waals surface area contributed by atoms with E-state index in [1.165, 1.54) is 0 Å². The first-order valence-corrected chi connectivity index (χ1v) is 7.89. The largest absolute Gasteiger partial charge is 0.299 e. The zero-order chi connectivity index (χ0) is 15.3. The average Bonchev–Trinajstić information content (AvgIpc) is 2.83. The second-order valence-electron chi connectivity index (χ2n) is 4.98. The van der Waals surface area contributed by atoms with Gasteiger partial charge in [0.1, 0.15) is 5.54 Å². The van der Waals surface area contributed by atoms with E-state index in [9.17, 15) is 5.26 Å². The van der Waals surface area contributed by atoms with Crippen LogP contribution < -0.4 is 5.32 Å². The molecule has 110 valence electrons. The Morgan fingerprint density at radius 1 is 1.38 bits per heavy atom. The summed E-state index contributed by atoms with van der Waals surface area (Å²) < 4.78 is 1.88. The second-order valence-corrected chi connectivity index (χ2v) is 6.09. The van der Waals surface area contributed by atoms with Gasteiger partial charge in [-0.3, -0.25) is 10.00 Å². The van der Waals surface area contributed by atoms with Crippen LogP contribution in [0.5, 0.6) is 0 Å². The van der Waals surface area contributed by atoms with Crippen molar-refractivity contribution in [1.82, 2.24) is 15.1 Å². The van der Waals surface area contributed by atoms with Gasteiger partial charge in [-0.1, -0.05) is 30.3 Å². The van der Waals surface area contributed by atoms with Crippen molar-refractivity contribution in [2.75, 3.05) is 12.8 Å². The number of aryl methyl sites for hydroxylation is 2. The highest BCUT2D eigenvalue weighted by Crippen LogP contribution is 2.28. The third-order valence-corrected chi connectivity index (χ3v) is 4.66. The van der Waals surface area contributed by atoms with Crippen molar-refractivity contribution in [3.63, 3.8) is 0 Å². The van der Waals surface area contributed by atoms with E-state index in [0.717, 1.165) is 28.5 Å². The molecule has 1 heterocycles. The molecule has 1 unspecified atom stereocenters. The Balaban J connectivity index is 2.08. The first-order chi connectivity index (χ1) is 10.1. The number of nitrogens with one attached hydrogen (secondary N) is 1. The van der Waals surface area contributed by atoms with E-state index in [1.807, 2.05) is 56.0 Å². The number of hydrogen-bond acceptors (Lipinski definition) is 4. The summed E-state index contributed by atoms with van der Waals surface area (Å²) >= 11 is 1.73. The van der Waals surface area contributed by atoms with Gasteiger partial charge in [-0.2, -0.15) is 10.4 Å². The van der Waals surface area contributed by atoms with E-state index in [1.54, 1.807) is 11.8 Å². The van der Waals surface area contributed by atoms with Crippen molar-refractivity contribution >= 4 is 11.8 Å². The predicted molar refractivity (Wildman–Crippen MR) is 86.1 cm³/mol. The lowest BCUT2D eigenvalue weighted by atomic mass is 9.89. The quantitative estimate of drug-likeness (QED) is 0.834. The summed E-state index contributed by atoms with van der Waals surface area (Å²) in [6.07, 6.45) is 0.735. The molecule has 0 spiro atoms. The van der Waals surface area contributed by atoms with Gasteiger partial charge >= 0.3 is 0 Å². The Morgan fingerprint density at radius 2 is 2.10 bits per heavy atom. The van der Waals surface area contributed by atoms with Gasteiger partial charge in [0.15, 0.2) is 0 Å². The monoisotopic (exact) mass is 300 g/mol. The molecule has 1 aromatic heterocycles. The first-order valence-electron chi connectivity index (χ1n) is 6.90. The van der Waals surface area contributed by atoms with E-state index >= 15 is 0 Å². The third kappa shape index (κ3) is 3.46. The molecule has 21 heavy (non-hydrogen) atoms. The normalized spacial score (nSPS) is 13.6. The minimum atomic E-state index is -0.637. The fraction of sp³-hybridized carbons (Fsp3) is 0.375.